The summed E-state index contributed by atoms with van der Waals surface area (Å²) < 4.78 is 1.59. The molecule has 106 valence electrons. The van der Waals surface area contributed by atoms with Crippen LogP contribution in [-0.2, 0) is 0 Å². The van der Waals surface area contributed by atoms with Crippen molar-refractivity contribution >= 4 is 28.5 Å². The molecule has 0 aliphatic heterocycles. The number of aromatic nitrogens is 4. The van der Waals surface area contributed by atoms with Gasteiger partial charge in [0.15, 0.2) is 11.5 Å². The molecule has 0 amide bonds. The number of hydrogen-bond donors (Lipinski definition) is 1. The Labute approximate surface area is 126 Å². The lowest BCUT2D eigenvalue weighted by atomic mass is 10.1. The summed E-state index contributed by atoms with van der Waals surface area (Å²) in [5, 5.41) is 18.6. The summed E-state index contributed by atoms with van der Waals surface area (Å²) >= 11 is 0. The molecule has 0 fully saturated rings. The van der Waals surface area contributed by atoms with Crippen LogP contribution < -0.4 is 5.43 Å². The molecule has 2 aromatic carbocycles. The van der Waals surface area contributed by atoms with Gasteiger partial charge in [-0.05, 0) is 22.9 Å². The molecular weight excluding hydrogens is 276 g/mol. The Kier molecular flexibility index (Phi) is 2.97. The lowest BCUT2D eigenvalue weighted by Crippen LogP contribution is -1.98. The van der Waals surface area contributed by atoms with Crippen LogP contribution in [0.4, 0.5) is 5.82 Å². The fraction of sp³-hybridized carbons (Fsp3) is 0. The molecule has 4 rings (SSSR count). The number of benzene rings is 2. The standard InChI is InChI=1S/C16H12N6/c1-2-7-14-12(4-1)5-3-6-13(14)10-17-19-15-8-9-16-20-18-11-22(16)21-15/h1-11H,(H,19,21). The van der Waals surface area contributed by atoms with E-state index in [9.17, 15) is 0 Å². The van der Waals surface area contributed by atoms with Gasteiger partial charge < -0.3 is 0 Å². The molecule has 0 atom stereocenters. The maximum atomic E-state index is 4.30. The Morgan fingerprint density at radius 1 is 1.00 bits per heavy atom. The van der Waals surface area contributed by atoms with Gasteiger partial charge in [0.05, 0.1) is 6.21 Å². The van der Waals surface area contributed by atoms with Gasteiger partial charge in [0.1, 0.15) is 6.33 Å². The zero-order valence-corrected chi connectivity index (χ0v) is 11.6. The maximum Gasteiger partial charge on any atom is 0.177 e. The molecule has 0 spiro atoms. The van der Waals surface area contributed by atoms with E-state index in [1.54, 1.807) is 17.1 Å². The molecule has 2 aromatic heterocycles. The number of hydrazone groups is 1. The van der Waals surface area contributed by atoms with Crippen molar-refractivity contribution < 1.29 is 0 Å². The van der Waals surface area contributed by atoms with Crippen LogP contribution >= 0.6 is 0 Å². The summed E-state index contributed by atoms with van der Waals surface area (Å²) in [6.45, 7) is 0. The molecule has 22 heavy (non-hydrogen) atoms. The largest absolute Gasteiger partial charge is 0.260 e. The first-order valence-electron chi connectivity index (χ1n) is 6.84. The zero-order chi connectivity index (χ0) is 14.8. The molecule has 2 heterocycles. The van der Waals surface area contributed by atoms with Crippen molar-refractivity contribution in [2.75, 3.05) is 5.43 Å². The van der Waals surface area contributed by atoms with Gasteiger partial charge in [-0.3, -0.25) is 5.43 Å². The highest BCUT2D eigenvalue weighted by Gasteiger charge is 1.99. The first kappa shape index (κ1) is 12.5. The fourth-order valence-electron chi connectivity index (χ4n) is 2.32. The summed E-state index contributed by atoms with van der Waals surface area (Å²) in [5.74, 6) is 0.629. The number of fused-ring (bicyclic) bond motifs is 2. The predicted octanol–water partition coefficient (Wildman–Crippen LogP) is 2.72. The van der Waals surface area contributed by atoms with E-state index in [1.165, 1.54) is 5.39 Å². The van der Waals surface area contributed by atoms with Gasteiger partial charge in [0, 0.05) is 5.56 Å². The van der Waals surface area contributed by atoms with E-state index in [-0.39, 0.29) is 0 Å². The molecule has 0 saturated carbocycles. The van der Waals surface area contributed by atoms with Gasteiger partial charge in [-0.25, -0.2) is 0 Å². The van der Waals surface area contributed by atoms with Crippen molar-refractivity contribution in [3.63, 3.8) is 0 Å². The van der Waals surface area contributed by atoms with Gasteiger partial charge in [0.25, 0.3) is 0 Å². The smallest absolute Gasteiger partial charge is 0.177 e. The molecule has 0 aliphatic carbocycles. The van der Waals surface area contributed by atoms with E-state index >= 15 is 0 Å². The van der Waals surface area contributed by atoms with E-state index in [4.69, 9.17) is 0 Å². The molecule has 4 aromatic rings. The molecular formula is C16H12N6. The van der Waals surface area contributed by atoms with Crippen LogP contribution in [-0.4, -0.2) is 26.0 Å². The highest BCUT2D eigenvalue weighted by Crippen LogP contribution is 2.16. The second-order valence-corrected chi connectivity index (χ2v) is 4.79. The summed E-state index contributed by atoms with van der Waals surface area (Å²) in [6.07, 6.45) is 3.34. The number of nitrogens with one attached hydrogen (secondary N) is 1. The minimum atomic E-state index is 0.629. The first-order chi connectivity index (χ1) is 10.9. The van der Waals surface area contributed by atoms with Crippen molar-refractivity contribution in [2.24, 2.45) is 5.10 Å². The van der Waals surface area contributed by atoms with Crippen LogP contribution in [0, 0.1) is 0 Å². The van der Waals surface area contributed by atoms with Crippen LogP contribution in [0.25, 0.3) is 16.4 Å². The number of rotatable bonds is 3. The third-order valence-corrected chi connectivity index (χ3v) is 3.37. The summed E-state index contributed by atoms with van der Waals surface area (Å²) in [4.78, 5) is 0. The molecule has 0 saturated heterocycles. The molecule has 0 unspecified atom stereocenters. The van der Waals surface area contributed by atoms with Crippen molar-refractivity contribution in [3.05, 3.63) is 66.5 Å². The molecule has 1 N–H and O–H groups in total. The Morgan fingerprint density at radius 2 is 1.91 bits per heavy atom. The van der Waals surface area contributed by atoms with Crippen LogP contribution in [0.2, 0.25) is 0 Å². The van der Waals surface area contributed by atoms with Crippen molar-refractivity contribution in [2.45, 2.75) is 0 Å². The van der Waals surface area contributed by atoms with Crippen molar-refractivity contribution in [1.82, 2.24) is 19.8 Å². The van der Waals surface area contributed by atoms with E-state index in [0.29, 0.717) is 11.5 Å². The summed E-state index contributed by atoms with van der Waals surface area (Å²) in [6, 6.07) is 18.0. The maximum absolute atomic E-state index is 4.30. The second kappa shape index (κ2) is 5.25. The monoisotopic (exact) mass is 288 g/mol. The summed E-state index contributed by atoms with van der Waals surface area (Å²) in [7, 11) is 0. The second-order valence-electron chi connectivity index (χ2n) is 4.79. The zero-order valence-electron chi connectivity index (χ0n) is 11.6. The van der Waals surface area contributed by atoms with E-state index in [0.717, 1.165) is 10.9 Å². The Bertz CT molecular complexity index is 967. The highest BCUT2D eigenvalue weighted by atomic mass is 15.4. The van der Waals surface area contributed by atoms with Gasteiger partial charge in [0.2, 0.25) is 0 Å². The SMILES string of the molecule is C(=NNc1ccc2nncn2n1)c1cccc2ccccc12. The molecule has 0 aliphatic rings. The topological polar surface area (TPSA) is 67.5 Å². The number of anilines is 1. The molecule has 6 heteroatoms. The van der Waals surface area contributed by atoms with Crippen LogP contribution in [0.5, 0.6) is 0 Å². The highest BCUT2D eigenvalue weighted by molar-refractivity contribution is 5.99. The normalized spacial score (nSPS) is 11.5. The lowest BCUT2D eigenvalue weighted by molar-refractivity contribution is 0.925. The third-order valence-electron chi connectivity index (χ3n) is 3.37. The van der Waals surface area contributed by atoms with Crippen LogP contribution in [0.1, 0.15) is 5.56 Å². The van der Waals surface area contributed by atoms with E-state index < -0.39 is 0 Å². The average molecular weight is 288 g/mol. The van der Waals surface area contributed by atoms with E-state index in [2.05, 4.69) is 44.0 Å². The molecule has 0 radical (unpaired) electrons. The molecule has 0 bridgehead atoms. The minimum absolute atomic E-state index is 0.629. The third kappa shape index (κ3) is 2.26. The van der Waals surface area contributed by atoms with Gasteiger partial charge in [-0.1, -0.05) is 42.5 Å². The fourth-order valence-corrected chi connectivity index (χ4v) is 2.32. The van der Waals surface area contributed by atoms with Crippen molar-refractivity contribution in [1.29, 1.82) is 0 Å². The van der Waals surface area contributed by atoms with Gasteiger partial charge in [-0.15, -0.1) is 15.3 Å². The van der Waals surface area contributed by atoms with Crippen LogP contribution in [0.3, 0.4) is 0 Å². The van der Waals surface area contributed by atoms with Gasteiger partial charge in [-0.2, -0.15) is 9.62 Å². The quantitative estimate of drug-likeness (QED) is 0.465. The Morgan fingerprint density at radius 3 is 2.91 bits per heavy atom. The minimum Gasteiger partial charge on any atom is -0.260 e. The predicted molar refractivity (Wildman–Crippen MR) is 85.9 cm³/mol. The number of hydrogen-bond acceptors (Lipinski definition) is 5. The van der Waals surface area contributed by atoms with Crippen LogP contribution in [0.15, 0.2) is 66.0 Å². The molecule has 6 nitrogen and oxygen atoms in total. The number of nitrogens with zero attached hydrogens (tertiary/aromatic N) is 5. The van der Waals surface area contributed by atoms with Gasteiger partial charge >= 0.3 is 0 Å². The first-order valence-corrected chi connectivity index (χ1v) is 6.84. The lowest BCUT2D eigenvalue weighted by Gasteiger charge is -2.02. The Hall–Kier alpha value is -3.28. The average Bonchev–Trinajstić information content (AvgIpc) is 3.03. The Balaban J connectivity index is 1.60. The van der Waals surface area contributed by atoms with E-state index in [1.807, 2.05) is 36.4 Å². The van der Waals surface area contributed by atoms with Crippen molar-refractivity contribution in [3.8, 4) is 0 Å². The summed E-state index contributed by atoms with van der Waals surface area (Å²) in [5.41, 5.74) is 4.67.